The van der Waals surface area contributed by atoms with E-state index in [1.54, 1.807) is 24.7 Å². The minimum atomic E-state index is -0.674. The maximum Gasteiger partial charge on any atom is 0.310 e. The molecule has 2 amide bonds. The SMILES string of the molecule is COc1ccc(C(=O)NNC(=O)COC(=O)Cc2c(C)nn(C)c2C)cc1OC. The summed E-state index contributed by atoms with van der Waals surface area (Å²) in [5.41, 5.74) is 7.03. The van der Waals surface area contributed by atoms with Crippen LogP contribution in [0.1, 0.15) is 27.3 Å². The zero-order chi connectivity index (χ0) is 21.6. The molecular weight excluding hydrogens is 380 g/mol. The summed E-state index contributed by atoms with van der Waals surface area (Å²) in [6.07, 6.45) is 0.0107. The van der Waals surface area contributed by atoms with Crippen LogP contribution in [0.3, 0.4) is 0 Å². The average Bonchev–Trinajstić information content (AvgIpc) is 2.95. The van der Waals surface area contributed by atoms with Gasteiger partial charge >= 0.3 is 5.97 Å². The molecular formula is C19H24N4O6. The van der Waals surface area contributed by atoms with E-state index in [2.05, 4.69) is 16.0 Å². The molecule has 0 bridgehead atoms. The van der Waals surface area contributed by atoms with Gasteiger partial charge < -0.3 is 14.2 Å². The van der Waals surface area contributed by atoms with Crippen LogP contribution in [0.15, 0.2) is 18.2 Å². The van der Waals surface area contributed by atoms with Crippen molar-refractivity contribution < 1.29 is 28.6 Å². The van der Waals surface area contributed by atoms with Crippen LogP contribution < -0.4 is 20.3 Å². The van der Waals surface area contributed by atoms with Crippen molar-refractivity contribution in [1.82, 2.24) is 20.6 Å². The number of carbonyl (C=O) groups excluding carboxylic acids is 3. The van der Waals surface area contributed by atoms with E-state index < -0.39 is 24.4 Å². The van der Waals surface area contributed by atoms with Gasteiger partial charge in [0.05, 0.1) is 26.3 Å². The second kappa shape index (κ2) is 9.58. The lowest BCUT2D eigenvalue weighted by Crippen LogP contribution is -2.43. The maximum atomic E-state index is 12.1. The third-order valence-electron chi connectivity index (χ3n) is 4.31. The lowest BCUT2D eigenvalue weighted by atomic mass is 10.1. The van der Waals surface area contributed by atoms with Crippen LogP contribution in [0, 0.1) is 13.8 Å². The summed E-state index contributed by atoms with van der Waals surface area (Å²) in [5, 5.41) is 4.23. The molecule has 0 fully saturated rings. The van der Waals surface area contributed by atoms with Crippen molar-refractivity contribution in [3.63, 3.8) is 0 Å². The molecule has 0 aliphatic heterocycles. The fraction of sp³-hybridized carbons (Fsp3) is 0.368. The molecule has 2 rings (SSSR count). The summed E-state index contributed by atoms with van der Waals surface area (Å²) >= 11 is 0. The first-order valence-corrected chi connectivity index (χ1v) is 8.72. The van der Waals surface area contributed by atoms with E-state index in [9.17, 15) is 14.4 Å². The van der Waals surface area contributed by atoms with E-state index in [1.165, 1.54) is 26.4 Å². The van der Waals surface area contributed by atoms with Crippen molar-refractivity contribution in [3.05, 3.63) is 40.7 Å². The van der Waals surface area contributed by atoms with Crippen LogP contribution in [0.25, 0.3) is 0 Å². The topological polar surface area (TPSA) is 121 Å². The van der Waals surface area contributed by atoms with Gasteiger partial charge in [-0.15, -0.1) is 0 Å². The van der Waals surface area contributed by atoms with E-state index in [1.807, 2.05) is 6.92 Å². The Morgan fingerprint density at radius 2 is 1.76 bits per heavy atom. The van der Waals surface area contributed by atoms with Gasteiger partial charge in [-0.1, -0.05) is 0 Å². The van der Waals surface area contributed by atoms with Crippen molar-refractivity contribution in [3.8, 4) is 11.5 Å². The lowest BCUT2D eigenvalue weighted by molar-refractivity contribution is -0.148. The Hall–Kier alpha value is -3.56. The van der Waals surface area contributed by atoms with Gasteiger partial charge in [0.2, 0.25) is 0 Å². The van der Waals surface area contributed by atoms with E-state index in [0.29, 0.717) is 11.5 Å². The van der Waals surface area contributed by atoms with Gasteiger partial charge in [-0.3, -0.25) is 29.9 Å². The summed E-state index contributed by atoms with van der Waals surface area (Å²) in [7, 11) is 4.71. The Morgan fingerprint density at radius 1 is 1.07 bits per heavy atom. The van der Waals surface area contributed by atoms with E-state index >= 15 is 0 Å². The number of rotatable bonds is 7. The molecule has 29 heavy (non-hydrogen) atoms. The quantitative estimate of drug-likeness (QED) is 0.512. The van der Waals surface area contributed by atoms with Gasteiger partial charge in [-0.25, -0.2) is 0 Å². The number of methoxy groups -OCH3 is 2. The van der Waals surface area contributed by atoms with Gasteiger partial charge in [-0.2, -0.15) is 5.10 Å². The zero-order valence-electron chi connectivity index (χ0n) is 17.0. The normalized spacial score (nSPS) is 10.2. The smallest absolute Gasteiger partial charge is 0.310 e. The Kier molecular flexibility index (Phi) is 7.18. The van der Waals surface area contributed by atoms with Crippen molar-refractivity contribution in [2.75, 3.05) is 20.8 Å². The average molecular weight is 404 g/mol. The summed E-state index contributed by atoms with van der Waals surface area (Å²) < 4.78 is 16.9. The third kappa shape index (κ3) is 5.47. The fourth-order valence-electron chi connectivity index (χ4n) is 2.63. The number of amides is 2. The molecule has 10 nitrogen and oxygen atoms in total. The van der Waals surface area contributed by atoms with E-state index in [-0.39, 0.29) is 12.0 Å². The second-order valence-electron chi connectivity index (χ2n) is 6.18. The van der Waals surface area contributed by atoms with Crippen molar-refractivity contribution >= 4 is 17.8 Å². The summed E-state index contributed by atoms with van der Waals surface area (Å²) in [5.74, 6) is -0.954. The second-order valence-corrected chi connectivity index (χ2v) is 6.18. The molecule has 0 radical (unpaired) electrons. The number of esters is 1. The summed E-state index contributed by atoms with van der Waals surface area (Å²) in [6.45, 7) is 3.12. The first-order chi connectivity index (χ1) is 13.8. The highest BCUT2D eigenvalue weighted by molar-refractivity contribution is 5.96. The molecule has 1 heterocycles. The maximum absolute atomic E-state index is 12.1. The highest BCUT2D eigenvalue weighted by atomic mass is 16.5. The number of hydrogen-bond acceptors (Lipinski definition) is 7. The Morgan fingerprint density at radius 3 is 2.34 bits per heavy atom. The van der Waals surface area contributed by atoms with Crippen LogP contribution in [0.5, 0.6) is 11.5 Å². The number of nitrogens with one attached hydrogen (secondary N) is 2. The van der Waals surface area contributed by atoms with E-state index in [0.717, 1.165) is 17.0 Å². The van der Waals surface area contributed by atoms with Gasteiger partial charge in [0.15, 0.2) is 18.1 Å². The van der Waals surface area contributed by atoms with Crippen LogP contribution in [-0.2, 0) is 27.8 Å². The Balaban J connectivity index is 1.82. The minimum Gasteiger partial charge on any atom is -0.493 e. The monoisotopic (exact) mass is 404 g/mol. The van der Waals surface area contributed by atoms with Gasteiger partial charge in [0.1, 0.15) is 0 Å². The molecule has 156 valence electrons. The van der Waals surface area contributed by atoms with Crippen molar-refractivity contribution in [1.29, 1.82) is 0 Å². The Labute approximate surface area is 168 Å². The predicted molar refractivity (Wildman–Crippen MR) is 102 cm³/mol. The van der Waals surface area contributed by atoms with Crippen LogP contribution in [0.4, 0.5) is 0 Å². The molecule has 0 aliphatic carbocycles. The highest BCUT2D eigenvalue weighted by Gasteiger charge is 2.16. The first-order valence-electron chi connectivity index (χ1n) is 8.72. The Bertz CT molecular complexity index is 922. The number of aryl methyl sites for hydroxylation is 2. The number of benzene rings is 1. The lowest BCUT2D eigenvalue weighted by Gasteiger charge is -2.11. The molecule has 0 saturated carbocycles. The number of ether oxygens (including phenoxy) is 3. The molecule has 2 aromatic rings. The standard InChI is InChI=1S/C19H24N4O6/c1-11-14(12(2)23(3)22-11)9-18(25)29-10-17(24)20-21-19(26)13-6-7-15(27-4)16(8-13)28-5/h6-8H,9-10H2,1-5H3,(H,20,24)(H,21,26). The predicted octanol–water partition coefficient (Wildman–Crippen LogP) is 0.601. The summed E-state index contributed by atoms with van der Waals surface area (Å²) in [4.78, 5) is 35.9. The minimum absolute atomic E-state index is 0.0107. The molecule has 0 unspecified atom stereocenters. The largest absolute Gasteiger partial charge is 0.493 e. The number of aromatic nitrogens is 2. The van der Waals surface area contributed by atoms with Crippen LogP contribution in [0.2, 0.25) is 0 Å². The van der Waals surface area contributed by atoms with E-state index in [4.69, 9.17) is 14.2 Å². The molecule has 0 aliphatic rings. The molecule has 1 aromatic carbocycles. The van der Waals surface area contributed by atoms with Crippen molar-refractivity contribution in [2.45, 2.75) is 20.3 Å². The number of nitrogens with zero attached hydrogens (tertiary/aromatic N) is 2. The number of carbonyl (C=O) groups is 3. The van der Waals surface area contributed by atoms with Gasteiger partial charge in [-0.05, 0) is 32.0 Å². The molecule has 0 spiro atoms. The molecule has 2 N–H and O–H groups in total. The van der Waals surface area contributed by atoms with Gasteiger partial charge in [0, 0.05) is 23.9 Å². The molecule has 1 aromatic heterocycles. The molecule has 0 atom stereocenters. The first kappa shape index (κ1) is 21.7. The molecule has 10 heteroatoms. The van der Waals surface area contributed by atoms with Crippen LogP contribution in [-0.4, -0.2) is 48.4 Å². The van der Waals surface area contributed by atoms with Crippen LogP contribution >= 0.6 is 0 Å². The zero-order valence-corrected chi connectivity index (χ0v) is 17.0. The fourth-order valence-corrected chi connectivity index (χ4v) is 2.63. The van der Waals surface area contributed by atoms with Gasteiger partial charge in [0.25, 0.3) is 11.8 Å². The number of hydrazine groups is 1. The summed E-state index contributed by atoms with van der Waals surface area (Å²) in [6, 6.07) is 4.56. The third-order valence-corrected chi connectivity index (χ3v) is 4.31. The van der Waals surface area contributed by atoms with Crippen molar-refractivity contribution in [2.24, 2.45) is 7.05 Å². The highest BCUT2D eigenvalue weighted by Crippen LogP contribution is 2.27. The number of hydrogen-bond donors (Lipinski definition) is 2. The molecule has 0 saturated heterocycles.